The van der Waals surface area contributed by atoms with Gasteiger partial charge in [0.15, 0.2) is 4.80 Å². The van der Waals surface area contributed by atoms with Crippen LogP contribution in [0.15, 0.2) is 46.3 Å². The first kappa shape index (κ1) is 17.8. The van der Waals surface area contributed by atoms with E-state index in [0.717, 1.165) is 32.2 Å². The van der Waals surface area contributed by atoms with Crippen molar-refractivity contribution in [3.8, 4) is 5.75 Å². The first-order valence-electron chi connectivity index (χ1n) is 8.00. The van der Waals surface area contributed by atoms with Crippen LogP contribution in [0, 0.1) is 6.92 Å². The fourth-order valence-electron chi connectivity index (χ4n) is 2.66. The van der Waals surface area contributed by atoms with Crippen LogP contribution in [0.3, 0.4) is 0 Å². The van der Waals surface area contributed by atoms with Gasteiger partial charge in [-0.2, -0.15) is 4.99 Å². The number of methoxy groups -OCH3 is 1. The number of thiazole rings is 1. The number of aryl methyl sites for hydroxylation is 2. The minimum Gasteiger partial charge on any atom is -0.495 e. The highest BCUT2D eigenvalue weighted by molar-refractivity contribution is 7.99. The number of rotatable bonds is 4. The number of thioether (sulfide) groups is 1. The summed E-state index contributed by atoms with van der Waals surface area (Å²) in [6, 6.07) is 11.6. The summed E-state index contributed by atoms with van der Waals surface area (Å²) < 4.78 is 8.48. The van der Waals surface area contributed by atoms with Crippen molar-refractivity contribution in [2.45, 2.75) is 18.7 Å². The maximum atomic E-state index is 12.6. The van der Waals surface area contributed by atoms with Crippen LogP contribution in [-0.2, 0) is 7.05 Å². The van der Waals surface area contributed by atoms with Crippen LogP contribution in [-0.4, -0.2) is 23.3 Å². The average Bonchev–Trinajstić information content (AvgIpc) is 2.94. The molecule has 0 aliphatic heterocycles. The zero-order chi connectivity index (χ0) is 18.0. The van der Waals surface area contributed by atoms with Crippen LogP contribution in [0.2, 0.25) is 0 Å². The molecule has 4 nitrogen and oxygen atoms in total. The van der Waals surface area contributed by atoms with Gasteiger partial charge >= 0.3 is 0 Å². The van der Waals surface area contributed by atoms with Crippen molar-refractivity contribution in [3.63, 3.8) is 0 Å². The molecule has 1 aromatic heterocycles. The maximum absolute atomic E-state index is 12.6. The molecule has 6 heteroatoms. The summed E-state index contributed by atoms with van der Waals surface area (Å²) in [6.45, 7) is 4.14. The second-order valence-electron chi connectivity index (χ2n) is 5.58. The Morgan fingerprint density at radius 3 is 2.84 bits per heavy atom. The van der Waals surface area contributed by atoms with E-state index in [9.17, 15) is 4.79 Å². The molecule has 0 N–H and O–H groups in total. The van der Waals surface area contributed by atoms with E-state index in [1.807, 2.05) is 48.0 Å². The van der Waals surface area contributed by atoms with Gasteiger partial charge in [-0.15, -0.1) is 11.8 Å². The number of nitrogens with zero attached hydrogens (tertiary/aromatic N) is 2. The van der Waals surface area contributed by atoms with Crippen LogP contribution in [0.4, 0.5) is 0 Å². The van der Waals surface area contributed by atoms with Gasteiger partial charge in [-0.25, -0.2) is 0 Å². The van der Waals surface area contributed by atoms with Gasteiger partial charge in [0.2, 0.25) is 0 Å². The van der Waals surface area contributed by atoms with Gasteiger partial charge in [-0.1, -0.05) is 30.4 Å². The zero-order valence-electron chi connectivity index (χ0n) is 14.7. The fourth-order valence-corrected chi connectivity index (χ4v) is 4.48. The highest BCUT2D eigenvalue weighted by Gasteiger charge is 2.12. The Balaban J connectivity index is 2.10. The first-order valence-corrected chi connectivity index (χ1v) is 9.80. The minimum atomic E-state index is -0.225. The second kappa shape index (κ2) is 7.45. The molecule has 0 spiro atoms. The van der Waals surface area contributed by atoms with E-state index in [1.54, 1.807) is 18.9 Å². The Hall–Kier alpha value is -2.05. The monoisotopic (exact) mass is 372 g/mol. The number of aromatic nitrogens is 1. The lowest BCUT2D eigenvalue weighted by Gasteiger charge is -2.05. The van der Waals surface area contributed by atoms with Crippen molar-refractivity contribution in [2.75, 3.05) is 12.9 Å². The van der Waals surface area contributed by atoms with E-state index in [1.165, 1.54) is 11.3 Å². The number of carbonyl (C=O) groups is 1. The van der Waals surface area contributed by atoms with Crippen molar-refractivity contribution >= 4 is 39.2 Å². The summed E-state index contributed by atoms with van der Waals surface area (Å²) in [5, 5.41) is 0. The summed E-state index contributed by atoms with van der Waals surface area (Å²) in [5.74, 6) is 1.53. The Morgan fingerprint density at radius 1 is 1.32 bits per heavy atom. The van der Waals surface area contributed by atoms with E-state index in [-0.39, 0.29) is 5.91 Å². The van der Waals surface area contributed by atoms with Gasteiger partial charge in [-0.3, -0.25) is 4.79 Å². The summed E-state index contributed by atoms with van der Waals surface area (Å²) >= 11 is 3.22. The summed E-state index contributed by atoms with van der Waals surface area (Å²) in [4.78, 5) is 18.7. The predicted molar refractivity (Wildman–Crippen MR) is 105 cm³/mol. The average molecular weight is 373 g/mol. The van der Waals surface area contributed by atoms with Crippen LogP contribution < -0.4 is 9.54 Å². The molecule has 0 aliphatic carbocycles. The summed E-state index contributed by atoms with van der Waals surface area (Å²) in [7, 11) is 3.57. The quantitative estimate of drug-likeness (QED) is 0.637. The summed E-state index contributed by atoms with van der Waals surface area (Å²) in [6.07, 6.45) is 0. The zero-order valence-corrected chi connectivity index (χ0v) is 16.3. The van der Waals surface area contributed by atoms with Crippen molar-refractivity contribution in [3.05, 3.63) is 52.3 Å². The maximum Gasteiger partial charge on any atom is 0.279 e. The molecule has 0 atom stereocenters. The number of ether oxygens (including phenoxy) is 1. The number of hydrogen-bond acceptors (Lipinski definition) is 4. The molecule has 2 aromatic carbocycles. The Morgan fingerprint density at radius 2 is 2.12 bits per heavy atom. The van der Waals surface area contributed by atoms with Crippen molar-refractivity contribution in [2.24, 2.45) is 12.0 Å². The van der Waals surface area contributed by atoms with Gasteiger partial charge in [0.1, 0.15) is 11.3 Å². The summed E-state index contributed by atoms with van der Waals surface area (Å²) in [5.41, 5.74) is 2.72. The third-order valence-corrected chi connectivity index (χ3v) is 6.06. The lowest BCUT2D eigenvalue weighted by atomic mass is 10.2. The van der Waals surface area contributed by atoms with Crippen LogP contribution in [0.5, 0.6) is 5.75 Å². The van der Waals surface area contributed by atoms with Crippen LogP contribution in [0.1, 0.15) is 22.8 Å². The van der Waals surface area contributed by atoms with Gasteiger partial charge < -0.3 is 9.30 Å². The normalized spacial score (nSPS) is 11.9. The molecule has 0 radical (unpaired) electrons. The highest BCUT2D eigenvalue weighted by atomic mass is 32.2. The van der Waals surface area contributed by atoms with Crippen molar-refractivity contribution in [1.82, 2.24) is 4.57 Å². The van der Waals surface area contributed by atoms with E-state index in [4.69, 9.17) is 4.74 Å². The standard InChI is InChI=1S/C19H20N2O2S2/c1-5-24-14-8-6-7-13(11-14)18(22)20-19-21(3)16-15(23-4)10-9-12(2)17(16)25-19/h6-11H,5H2,1-4H3. The van der Waals surface area contributed by atoms with Gasteiger partial charge in [-0.05, 0) is 42.5 Å². The molecule has 0 bridgehead atoms. The van der Waals surface area contributed by atoms with Gasteiger partial charge in [0, 0.05) is 17.5 Å². The molecule has 0 fully saturated rings. The van der Waals surface area contributed by atoms with Crippen molar-refractivity contribution in [1.29, 1.82) is 0 Å². The fraction of sp³-hybridized carbons (Fsp3) is 0.263. The van der Waals surface area contributed by atoms with Gasteiger partial charge in [0.05, 0.1) is 11.8 Å². The van der Waals surface area contributed by atoms with Crippen LogP contribution >= 0.6 is 23.1 Å². The predicted octanol–water partition coefficient (Wildman–Crippen LogP) is 4.41. The number of amides is 1. The molecule has 3 rings (SSSR count). The number of hydrogen-bond donors (Lipinski definition) is 0. The Bertz CT molecular complexity index is 1000. The Labute approximate surface area is 155 Å². The molecular weight excluding hydrogens is 352 g/mol. The Kier molecular flexibility index (Phi) is 5.30. The molecule has 130 valence electrons. The van der Waals surface area contributed by atoms with Crippen LogP contribution in [0.25, 0.3) is 10.2 Å². The third-order valence-electron chi connectivity index (χ3n) is 3.92. The molecule has 1 heterocycles. The smallest absolute Gasteiger partial charge is 0.279 e. The molecular formula is C19H20N2O2S2. The van der Waals surface area contributed by atoms with E-state index in [2.05, 4.69) is 18.8 Å². The molecule has 0 saturated carbocycles. The highest BCUT2D eigenvalue weighted by Crippen LogP contribution is 2.29. The molecule has 0 saturated heterocycles. The minimum absolute atomic E-state index is 0.225. The second-order valence-corrected chi connectivity index (χ2v) is 7.90. The number of fused-ring (bicyclic) bond motifs is 1. The third kappa shape index (κ3) is 3.50. The first-order chi connectivity index (χ1) is 12.0. The van der Waals surface area contributed by atoms with E-state index >= 15 is 0 Å². The molecule has 1 amide bonds. The number of benzene rings is 2. The number of carbonyl (C=O) groups excluding carboxylic acids is 1. The van der Waals surface area contributed by atoms with Gasteiger partial charge in [0.25, 0.3) is 5.91 Å². The SMILES string of the molecule is CCSc1cccc(C(=O)N=c2sc3c(C)ccc(OC)c3n2C)c1. The lowest BCUT2D eigenvalue weighted by Crippen LogP contribution is -2.13. The largest absolute Gasteiger partial charge is 0.495 e. The molecule has 0 unspecified atom stereocenters. The lowest BCUT2D eigenvalue weighted by molar-refractivity contribution is 0.0997. The molecule has 25 heavy (non-hydrogen) atoms. The molecule has 3 aromatic rings. The van der Waals surface area contributed by atoms with E-state index < -0.39 is 0 Å². The molecule has 0 aliphatic rings. The van der Waals surface area contributed by atoms with Crippen molar-refractivity contribution < 1.29 is 9.53 Å². The van der Waals surface area contributed by atoms with E-state index in [0.29, 0.717) is 10.4 Å². The topological polar surface area (TPSA) is 43.6 Å².